The lowest BCUT2D eigenvalue weighted by Gasteiger charge is -2.15. The van der Waals surface area contributed by atoms with Crippen molar-refractivity contribution in [3.05, 3.63) is 58.8 Å². The first-order valence-electron chi connectivity index (χ1n) is 6.31. The molecule has 3 aromatic rings. The molecule has 0 aliphatic rings. The SMILES string of the molecule is ClC(Cl)(Cl)c1nc(Nc2ccccc2Br)c2ccccc2n1. The molecule has 0 bridgehead atoms. The van der Waals surface area contributed by atoms with Crippen LogP contribution in [0.4, 0.5) is 11.5 Å². The van der Waals surface area contributed by atoms with E-state index >= 15 is 0 Å². The van der Waals surface area contributed by atoms with Crippen LogP contribution in [-0.2, 0) is 3.79 Å². The molecule has 0 saturated heterocycles. The Morgan fingerprint density at radius 3 is 2.32 bits per heavy atom. The van der Waals surface area contributed by atoms with Crippen molar-refractivity contribution in [1.29, 1.82) is 0 Å². The molecule has 3 nitrogen and oxygen atoms in total. The molecule has 1 heterocycles. The van der Waals surface area contributed by atoms with Gasteiger partial charge in [-0.15, -0.1) is 0 Å². The van der Waals surface area contributed by atoms with E-state index in [0.717, 1.165) is 15.5 Å². The predicted octanol–water partition coefficient (Wildman–Crippen LogP) is 5.96. The maximum absolute atomic E-state index is 5.93. The Hall–Kier alpha value is -1.07. The summed E-state index contributed by atoms with van der Waals surface area (Å²) in [5.41, 5.74) is 1.56. The smallest absolute Gasteiger partial charge is 0.250 e. The van der Waals surface area contributed by atoms with Crippen LogP contribution in [0.3, 0.4) is 0 Å². The first-order chi connectivity index (χ1) is 10.4. The number of anilines is 2. The number of aromatic nitrogens is 2. The lowest BCUT2D eigenvalue weighted by Crippen LogP contribution is -2.09. The van der Waals surface area contributed by atoms with Gasteiger partial charge in [0.15, 0.2) is 5.82 Å². The zero-order valence-corrected chi connectivity index (χ0v) is 14.9. The van der Waals surface area contributed by atoms with E-state index in [0.29, 0.717) is 11.3 Å². The minimum atomic E-state index is -1.69. The average molecular weight is 418 g/mol. The third-order valence-corrected chi connectivity index (χ3v) is 4.18. The van der Waals surface area contributed by atoms with Crippen molar-refractivity contribution in [1.82, 2.24) is 9.97 Å². The number of rotatable bonds is 2. The highest BCUT2D eigenvalue weighted by atomic mass is 79.9. The van der Waals surface area contributed by atoms with Crippen molar-refractivity contribution in [2.45, 2.75) is 3.79 Å². The van der Waals surface area contributed by atoms with Gasteiger partial charge in [-0.05, 0) is 40.2 Å². The Morgan fingerprint density at radius 1 is 0.909 bits per heavy atom. The van der Waals surface area contributed by atoms with Gasteiger partial charge in [-0.25, -0.2) is 9.97 Å². The van der Waals surface area contributed by atoms with Gasteiger partial charge in [0.05, 0.1) is 11.2 Å². The van der Waals surface area contributed by atoms with Crippen LogP contribution in [0.2, 0.25) is 0 Å². The van der Waals surface area contributed by atoms with Gasteiger partial charge < -0.3 is 5.32 Å². The predicted molar refractivity (Wildman–Crippen MR) is 96.2 cm³/mol. The summed E-state index contributed by atoms with van der Waals surface area (Å²) in [5, 5.41) is 4.10. The molecule has 7 heteroatoms. The third kappa shape index (κ3) is 3.30. The summed E-state index contributed by atoms with van der Waals surface area (Å²) in [6, 6.07) is 15.3. The van der Waals surface area contributed by atoms with Gasteiger partial charge in [0, 0.05) is 9.86 Å². The van der Waals surface area contributed by atoms with Crippen molar-refractivity contribution >= 4 is 73.1 Å². The van der Waals surface area contributed by atoms with Crippen LogP contribution in [-0.4, -0.2) is 9.97 Å². The van der Waals surface area contributed by atoms with E-state index in [1.807, 2.05) is 48.5 Å². The van der Waals surface area contributed by atoms with Crippen LogP contribution in [0.1, 0.15) is 5.82 Å². The van der Waals surface area contributed by atoms with E-state index in [4.69, 9.17) is 34.8 Å². The maximum Gasteiger partial charge on any atom is 0.250 e. The summed E-state index contributed by atoms with van der Waals surface area (Å²) in [5.74, 6) is 0.713. The van der Waals surface area contributed by atoms with Gasteiger partial charge in [-0.1, -0.05) is 59.1 Å². The topological polar surface area (TPSA) is 37.8 Å². The minimum Gasteiger partial charge on any atom is -0.339 e. The number of halogens is 4. The van der Waals surface area contributed by atoms with Gasteiger partial charge in [0.25, 0.3) is 0 Å². The second kappa shape index (κ2) is 6.20. The van der Waals surface area contributed by atoms with Gasteiger partial charge in [0.1, 0.15) is 5.82 Å². The molecule has 22 heavy (non-hydrogen) atoms. The number of para-hydroxylation sites is 2. The molecular weight excluding hydrogens is 408 g/mol. The monoisotopic (exact) mass is 415 g/mol. The standard InChI is InChI=1S/C15H9BrCl3N3/c16-10-6-2-4-8-12(10)20-13-9-5-1-3-7-11(9)21-14(22-13)15(17,18)19/h1-8H,(H,20,21,22). The molecule has 3 rings (SSSR count). The Morgan fingerprint density at radius 2 is 1.59 bits per heavy atom. The number of alkyl halides is 3. The molecule has 112 valence electrons. The number of hydrogen-bond donors (Lipinski definition) is 1. The number of benzene rings is 2. The molecule has 0 radical (unpaired) electrons. The lowest BCUT2D eigenvalue weighted by atomic mass is 10.2. The van der Waals surface area contributed by atoms with Crippen LogP contribution in [0.25, 0.3) is 10.9 Å². The summed E-state index contributed by atoms with van der Waals surface area (Å²) in [4.78, 5) is 8.68. The Labute approximate surface area is 150 Å². The fraction of sp³-hybridized carbons (Fsp3) is 0.0667. The molecule has 0 spiro atoms. The first kappa shape index (κ1) is 15.8. The molecule has 2 aromatic carbocycles. The molecular formula is C15H9BrCl3N3. The van der Waals surface area contributed by atoms with E-state index < -0.39 is 3.79 Å². The van der Waals surface area contributed by atoms with Gasteiger partial charge >= 0.3 is 0 Å². The third-order valence-electron chi connectivity index (χ3n) is 2.98. The molecule has 0 aliphatic heterocycles. The number of fused-ring (bicyclic) bond motifs is 1. The second-order valence-corrected chi connectivity index (χ2v) is 7.65. The van der Waals surface area contributed by atoms with E-state index in [9.17, 15) is 0 Å². The zero-order chi connectivity index (χ0) is 15.7. The molecule has 1 N–H and O–H groups in total. The van der Waals surface area contributed by atoms with E-state index in [1.165, 1.54) is 0 Å². The number of nitrogens with one attached hydrogen (secondary N) is 1. The zero-order valence-electron chi connectivity index (χ0n) is 11.0. The number of nitrogens with zero attached hydrogens (tertiary/aromatic N) is 2. The van der Waals surface area contributed by atoms with Crippen LogP contribution >= 0.6 is 50.7 Å². The second-order valence-electron chi connectivity index (χ2n) is 4.52. The summed E-state index contributed by atoms with van der Waals surface area (Å²) < 4.78 is -0.776. The van der Waals surface area contributed by atoms with Gasteiger partial charge in [-0.2, -0.15) is 0 Å². The summed E-state index contributed by atoms with van der Waals surface area (Å²) in [7, 11) is 0. The fourth-order valence-electron chi connectivity index (χ4n) is 1.99. The molecule has 0 fully saturated rings. The van der Waals surface area contributed by atoms with Crippen LogP contribution < -0.4 is 5.32 Å². The molecule has 0 aliphatic carbocycles. The average Bonchev–Trinajstić information content (AvgIpc) is 2.48. The molecule has 0 unspecified atom stereocenters. The van der Waals surface area contributed by atoms with Crippen molar-refractivity contribution in [3.8, 4) is 0 Å². The highest BCUT2D eigenvalue weighted by Crippen LogP contribution is 2.38. The summed E-state index contributed by atoms with van der Waals surface area (Å²) in [6.07, 6.45) is 0. The van der Waals surface area contributed by atoms with Crippen molar-refractivity contribution in [3.63, 3.8) is 0 Å². The van der Waals surface area contributed by atoms with Crippen LogP contribution in [0.15, 0.2) is 53.0 Å². The Bertz CT molecular complexity index is 834. The largest absolute Gasteiger partial charge is 0.339 e. The van der Waals surface area contributed by atoms with E-state index in [-0.39, 0.29) is 5.82 Å². The molecule has 1 aromatic heterocycles. The molecule has 0 atom stereocenters. The summed E-state index contributed by atoms with van der Waals surface area (Å²) in [6.45, 7) is 0. The normalized spacial score (nSPS) is 11.6. The summed E-state index contributed by atoms with van der Waals surface area (Å²) >= 11 is 21.3. The van der Waals surface area contributed by atoms with E-state index in [1.54, 1.807) is 0 Å². The van der Waals surface area contributed by atoms with Gasteiger partial charge in [0.2, 0.25) is 3.79 Å². The molecule has 0 amide bonds. The highest BCUT2D eigenvalue weighted by Gasteiger charge is 2.28. The van der Waals surface area contributed by atoms with Crippen molar-refractivity contribution in [2.24, 2.45) is 0 Å². The van der Waals surface area contributed by atoms with Crippen LogP contribution in [0.5, 0.6) is 0 Å². The molecule has 0 saturated carbocycles. The fourth-order valence-corrected chi connectivity index (χ4v) is 2.63. The lowest BCUT2D eigenvalue weighted by molar-refractivity contribution is 0.999. The highest BCUT2D eigenvalue weighted by molar-refractivity contribution is 9.10. The first-order valence-corrected chi connectivity index (χ1v) is 8.23. The van der Waals surface area contributed by atoms with Crippen molar-refractivity contribution < 1.29 is 0 Å². The quantitative estimate of drug-likeness (QED) is 0.523. The van der Waals surface area contributed by atoms with E-state index in [2.05, 4.69) is 31.2 Å². The van der Waals surface area contributed by atoms with Crippen LogP contribution in [0, 0.1) is 0 Å². The van der Waals surface area contributed by atoms with Gasteiger partial charge in [-0.3, -0.25) is 0 Å². The Kier molecular flexibility index (Phi) is 4.46. The minimum absolute atomic E-state index is 0.130. The van der Waals surface area contributed by atoms with Crippen molar-refractivity contribution in [2.75, 3.05) is 5.32 Å². The Balaban J connectivity index is 2.17. The maximum atomic E-state index is 5.93. The number of hydrogen-bond acceptors (Lipinski definition) is 3.